The molecule has 0 unspecified atom stereocenters. The fourth-order valence-corrected chi connectivity index (χ4v) is 1.78. The van der Waals surface area contributed by atoms with Crippen LogP contribution in [-0.2, 0) is 0 Å². The van der Waals surface area contributed by atoms with E-state index in [1.807, 2.05) is 0 Å². The zero-order valence-electron chi connectivity index (χ0n) is 8.94. The molecule has 0 aromatic heterocycles. The predicted octanol–water partition coefficient (Wildman–Crippen LogP) is 1.93. The van der Waals surface area contributed by atoms with Crippen LogP contribution in [-0.4, -0.2) is 18.8 Å². The minimum atomic E-state index is -0.276. The Bertz CT molecular complexity index is 350. The van der Waals surface area contributed by atoms with Gasteiger partial charge < -0.3 is 21.3 Å². The number of hydrogen-bond donors (Lipinski definition) is 3. The molecule has 1 atom stereocenters. The lowest BCUT2D eigenvalue weighted by Gasteiger charge is -2.15. The van der Waals surface area contributed by atoms with Gasteiger partial charge in [-0.1, -0.05) is 0 Å². The van der Waals surface area contributed by atoms with E-state index in [0.717, 1.165) is 0 Å². The van der Waals surface area contributed by atoms with Crippen molar-refractivity contribution in [2.45, 2.75) is 12.5 Å². The number of halogens is 2. The van der Waals surface area contributed by atoms with Crippen LogP contribution in [0.1, 0.15) is 18.0 Å². The average Bonchev–Trinajstić information content (AvgIpc) is 2.22. The standard InChI is InChI=1S/C10H15BrN2O2.ClH/c1-15-6-4-7(9(13)2-3-12)10(14)8(11)5-6;/h4-5,9,14H,2-3,12-13H2,1H3;1H/t9-;/m0./s1. The van der Waals surface area contributed by atoms with E-state index in [-0.39, 0.29) is 24.2 Å². The van der Waals surface area contributed by atoms with Crippen LogP contribution < -0.4 is 16.2 Å². The molecule has 1 aromatic rings. The molecule has 4 nitrogen and oxygen atoms in total. The Balaban J connectivity index is 0.00000225. The topological polar surface area (TPSA) is 81.5 Å². The Kier molecular flexibility index (Phi) is 6.74. The summed E-state index contributed by atoms with van der Waals surface area (Å²) < 4.78 is 5.66. The molecule has 0 aliphatic carbocycles. The molecule has 1 aromatic carbocycles. The maximum absolute atomic E-state index is 9.79. The Morgan fingerprint density at radius 3 is 2.62 bits per heavy atom. The average molecular weight is 312 g/mol. The third-order valence-electron chi connectivity index (χ3n) is 2.18. The van der Waals surface area contributed by atoms with E-state index in [2.05, 4.69) is 15.9 Å². The van der Waals surface area contributed by atoms with Gasteiger partial charge in [0.1, 0.15) is 11.5 Å². The van der Waals surface area contributed by atoms with Crippen LogP contribution in [0.2, 0.25) is 0 Å². The summed E-state index contributed by atoms with van der Waals surface area (Å²) in [6.45, 7) is 0.482. The van der Waals surface area contributed by atoms with Crippen molar-refractivity contribution in [3.8, 4) is 11.5 Å². The van der Waals surface area contributed by atoms with E-state index < -0.39 is 0 Å². The first-order valence-electron chi connectivity index (χ1n) is 4.62. The number of phenols is 1. The van der Waals surface area contributed by atoms with Gasteiger partial charge in [-0.3, -0.25) is 0 Å². The van der Waals surface area contributed by atoms with E-state index in [0.29, 0.717) is 28.8 Å². The number of benzene rings is 1. The molecule has 0 aliphatic heterocycles. The molecule has 92 valence electrons. The lowest BCUT2D eigenvalue weighted by Crippen LogP contribution is -2.15. The molecule has 0 bridgehead atoms. The summed E-state index contributed by atoms with van der Waals surface area (Å²) in [5, 5.41) is 9.79. The maximum atomic E-state index is 9.79. The summed E-state index contributed by atoms with van der Waals surface area (Å²) >= 11 is 3.24. The van der Waals surface area contributed by atoms with Crippen molar-refractivity contribution in [3.05, 3.63) is 22.2 Å². The number of methoxy groups -OCH3 is 1. The van der Waals surface area contributed by atoms with Crippen LogP contribution in [0.15, 0.2) is 16.6 Å². The third-order valence-corrected chi connectivity index (χ3v) is 2.78. The van der Waals surface area contributed by atoms with Crippen molar-refractivity contribution in [2.75, 3.05) is 13.7 Å². The summed E-state index contributed by atoms with van der Waals surface area (Å²) in [6.07, 6.45) is 0.618. The summed E-state index contributed by atoms with van der Waals surface area (Å²) in [4.78, 5) is 0. The summed E-state index contributed by atoms with van der Waals surface area (Å²) in [6, 6.07) is 3.13. The number of rotatable bonds is 4. The van der Waals surface area contributed by atoms with E-state index in [1.54, 1.807) is 19.2 Å². The predicted molar refractivity (Wildman–Crippen MR) is 70.2 cm³/mol. The van der Waals surface area contributed by atoms with Crippen LogP contribution in [0.3, 0.4) is 0 Å². The molecular formula is C10H16BrClN2O2. The van der Waals surface area contributed by atoms with Crippen molar-refractivity contribution in [1.29, 1.82) is 0 Å². The summed E-state index contributed by atoms with van der Waals surface area (Å²) in [5.41, 5.74) is 11.9. The van der Waals surface area contributed by atoms with Crippen LogP contribution >= 0.6 is 28.3 Å². The summed E-state index contributed by atoms with van der Waals surface area (Å²) in [7, 11) is 1.57. The van der Waals surface area contributed by atoms with E-state index >= 15 is 0 Å². The van der Waals surface area contributed by atoms with Crippen LogP contribution in [0, 0.1) is 0 Å². The molecule has 0 heterocycles. The fraction of sp³-hybridized carbons (Fsp3) is 0.400. The Hall–Kier alpha value is -0.490. The normalized spacial score (nSPS) is 11.8. The molecule has 16 heavy (non-hydrogen) atoms. The second kappa shape index (κ2) is 6.96. The zero-order valence-corrected chi connectivity index (χ0v) is 11.3. The van der Waals surface area contributed by atoms with Crippen molar-refractivity contribution in [2.24, 2.45) is 11.5 Å². The smallest absolute Gasteiger partial charge is 0.134 e. The molecule has 0 saturated carbocycles. The number of aromatic hydroxyl groups is 1. The van der Waals surface area contributed by atoms with Gasteiger partial charge in [-0.25, -0.2) is 0 Å². The number of ether oxygens (including phenoxy) is 1. The minimum absolute atomic E-state index is 0. The molecule has 0 radical (unpaired) electrons. The van der Waals surface area contributed by atoms with Gasteiger partial charge in [0.05, 0.1) is 11.6 Å². The first-order valence-corrected chi connectivity index (χ1v) is 5.41. The largest absolute Gasteiger partial charge is 0.506 e. The number of hydrogen-bond acceptors (Lipinski definition) is 4. The quantitative estimate of drug-likeness (QED) is 0.793. The van der Waals surface area contributed by atoms with Gasteiger partial charge in [-0.15, -0.1) is 12.4 Å². The van der Waals surface area contributed by atoms with Crippen LogP contribution in [0.5, 0.6) is 11.5 Å². The highest BCUT2D eigenvalue weighted by Crippen LogP contribution is 2.36. The molecule has 0 fully saturated rings. The monoisotopic (exact) mass is 310 g/mol. The van der Waals surface area contributed by atoms with Gasteiger partial charge in [0.25, 0.3) is 0 Å². The van der Waals surface area contributed by atoms with Gasteiger partial charge in [-0.05, 0) is 41.0 Å². The highest BCUT2D eigenvalue weighted by molar-refractivity contribution is 9.10. The molecule has 0 spiro atoms. The molecule has 0 aliphatic rings. The molecule has 0 saturated heterocycles. The van der Waals surface area contributed by atoms with Gasteiger partial charge in [-0.2, -0.15) is 0 Å². The fourth-order valence-electron chi connectivity index (χ4n) is 1.33. The van der Waals surface area contributed by atoms with Crippen LogP contribution in [0.4, 0.5) is 0 Å². The van der Waals surface area contributed by atoms with E-state index in [1.165, 1.54) is 0 Å². The van der Waals surface area contributed by atoms with Crippen molar-refractivity contribution < 1.29 is 9.84 Å². The number of nitrogens with two attached hydrogens (primary N) is 2. The first-order chi connectivity index (χ1) is 7.10. The molecular weight excluding hydrogens is 295 g/mol. The lowest BCUT2D eigenvalue weighted by molar-refractivity contribution is 0.408. The van der Waals surface area contributed by atoms with Crippen molar-refractivity contribution in [3.63, 3.8) is 0 Å². The van der Waals surface area contributed by atoms with Gasteiger partial charge in [0.15, 0.2) is 0 Å². The second-order valence-corrected chi connectivity index (χ2v) is 4.09. The van der Waals surface area contributed by atoms with E-state index in [9.17, 15) is 5.11 Å². The first kappa shape index (κ1) is 15.5. The molecule has 0 amide bonds. The van der Waals surface area contributed by atoms with Gasteiger partial charge in [0.2, 0.25) is 0 Å². The highest BCUT2D eigenvalue weighted by atomic mass is 79.9. The van der Waals surface area contributed by atoms with Crippen LogP contribution in [0.25, 0.3) is 0 Å². The Morgan fingerprint density at radius 2 is 2.12 bits per heavy atom. The SMILES string of the molecule is COc1cc(Br)c(O)c([C@@H](N)CCN)c1.Cl. The summed E-state index contributed by atoms with van der Waals surface area (Å²) in [5.74, 6) is 0.805. The molecule has 5 N–H and O–H groups in total. The zero-order chi connectivity index (χ0) is 11.4. The maximum Gasteiger partial charge on any atom is 0.134 e. The second-order valence-electron chi connectivity index (χ2n) is 3.23. The number of phenolic OH excluding ortho intramolecular Hbond substituents is 1. The molecule has 6 heteroatoms. The van der Waals surface area contributed by atoms with E-state index in [4.69, 9.17) is 16.2 Å². The van der Waals surface area contributed by atoms with Crippen molar-refractivity contribution in [1.82, 2.24) is 0 Å². The highest BCUT2D eigenvalue weighted by Gasteiger charge is 2.14. The molecule has 1 rings (SSSR count). The van der Waals surface area contributed by atoms with Crippen molar-refractivity contribution >= 4 is 28.3 Å². The lowest BCUT2D eigenvalue weighted by atomic mass is 10.0. The Morgan fingerprint density at radius 1 is 1.50 bits per heavy atom. The minimum Gasteiger partial charge on any atom is -0.506 e. The van der Waals surface area contributed by atoms with Gasteiger partial charge in [0, 0.05) is 11.6 Å². The Labute approximate surface area is 109 Å². The third kappa shape index (κ3) is 3.52. The van der Waals surface area contributed by atoms with Gasteiger partial charge >= 0.3 is 0 Å².